The summed E-state index contributed by atoms with van der Waals surface area (Å²) >= 11 is 4.61. The molecule has 0 atom stereocenters. The van der Waals surface area contributed by atoms with E-state index >= 15 is 0 Å². The van der Waals surface area contributed by atoms with Gasteiger partial charge in [-0.15, -0.1) is 11.3 Å². The predicted octanol–water partition coefficient (Wildman–Crippen LogP) is 3.67. The van der Waals surface area contributed by atoms with E-state index in [9.17, 15) is 4.39 Å². The molecule has 2 aromatic rings. The minimum absolute atomic E-state index is 0.290. The highest BCUT2D eigenvalue weighted by Gasteiger charge is 2.10. The van der Waals surface area contributed by atoms with Crippen LogP contribution in [0.25, 0.3) is 10.1 Å². The fourth-order valence-electron chi connectivity index (χ4n) is 1.16. The van der Waals surface area contributed by atoms with Gasteiger partial charge in [-0.25, -0.2) is 4.39 Å². The Labute approximate surface area is 86.5 Å². The molecule has 0 saturated carbocycles. The standard InChI is InChI=1S/C9H3BrFNS/c10-6-4-13-9-5(3-12)1-2-7(11)8(6)9/h1-2,4H. The third kappa shape index (κ3) is 1.25. The summed E-state index contributed by atoms with van der Waals surface area (Å²) in [5.41, 5.74) is 0.520. The fourth-order valence-corrected chi connectivity index (χ4v) is 2.87. The lowest BCUT2D eigenvalue weighted by molar-refractivity contribution is 0.639. The van der Waals surface area contributed by atoms with E-state index in [2.05, 4.69) is 15.9 Å². The summed E-state index contributed by atoms with van der Waals surface area (Å²) in [7, 11) is 0. The second-order valence-corrected chi connectivity index (χ2v) is 4.23. The Kier molecular flexibility index (Phi) is 2.06. The number of thiophene rings is 1. The van der Waals surface area contributed by atoms with Gasteiger partial charge in [-0.2, -0.15) is 5.26 Å². The van der Waals surface area contributed by atoms with Gasteiger partial charge in [0.15, 0.2) is 0 Å². The van der Waals surface area contributed by atoms with Crippen LogP contribution in [-0.4, -0.2) is 0 Å². The first-order valence-corrected chi connectivity index (χ1v) is 5.16. The van der Waals surface area contributed by atoms with Gasteiger partial charge < -0.3 is 0 Å². The van der Waals surface area contributed by atoms with Crippen molar-refractivity contribution in [2.75, 3.05) is 0 Å². The molecule has 2 rings (SSSR count). The van der Waals surface area contributed by atoms with Crippen LogP contribution in [0.5, 0.6) is 0 Å². The first-order chi connectivity index (χ1) is 6.24. The van der Waals surface area contributed by atoms with Gasteiger partial charge in [-0.1, -0.05) is 0 Å². The molecule has 0 radical (unpaired) electrons. The van der Waals surface area contributed by atoms with Crippen molar-refractivity contribution in [2.24, 2.45) is 0 Å². The molecule has 0 unspecified atom stereocenters. The molecule has 13 heavy (non-hydrogen) atoms. The molecule has 4 heteroatoms. The van der Waals surface area contributed by atoms with E-state index in [0.29, 0.717) is 20.1 Å². The Morgan fingerprint density at radius 2 is 2.23 bits per heavy atom. The average molecular weight is 256 g/mol. The molecule has 0 N–H and O–H groups in total. The maximum atomic E-state index is 13.3. The molecule has 1 aromatic carbocycles. The summed E-state index contributed by atoms with van der Waals surface area (Å²) in [6.45, 7) is 0. The quantitative estimate of drug-likeness (QED) is 0.705. The highest BCUT2D eigenvalue weighted by atomic mass is 79.9. The lowest BCUT2D eigenvalue weighted by atomic mass is 10.2. The molecule has 0 spiro atoms. The van der Waals surface area contributed by atoms with Crippen LogP contribution in [0, 0.1) is 17.1 Å². The van der Waals surface area contributed by atoms with Gasteiger partial charge in [-0.3, -0.25) is 0 Å². The summed E-state index contributed by atoms with van der Waals surface area (Å²) in [5, 5.41) is 11.0. The van der Waals surface area contributed by atoms with Crippen molar-refractivity contribution in [3.8, 4) is 6.07 Å². The highest BCUT2D eigenvalue weighted by molar-refractivity contribution is 9.10. The molecule has 1 aromatic heterocycles. The Bertz CT molecular complexity index is 512. The van der Waals surface area contributed by atoms with Gasteiger partial charge in [-0.05, 0) is 28.1 Å². The van der Waals surface area contributed by atoms with Crippen LogP contribution in [0.2, 0.25) is 0 Å². The zero-order chi connectivity index (χ0) is 9.42. The largest absolute Gasteiger partial charge is 0.206 e. The zero-order valence-corrected chi connectivity index (χ0v) is 8.75. The topological polar surface area (TPSA) is 23.8 Å². The van der Waals surface area contributed by atoms with Gasteiger partial charge in [0.25, 0.3) is 0 Å². The lowest BCUT2D eigenvalue weighted by Crippen LogP contribution is -1.79. The van der Waals surface area contributed by atoms with E-state index in [1.165, 1.54) is 23.5 Å². The number of nitriles is 1. The second kappa shape index (κ2) is 3.09. The van der Waals surface area contributed by atoms with Crippen LogP contribution in [0.4, 0.5) is 4.39 Å². The molecule has 64 valence electrons. The minimum atomic E-state index is -0.290. The van der Waals surface area contributed by atoms with Crippen molar-refractivity contribution in [3.63, 3.8) is 0 Å². The first kappa shape index (κ1) is 8.67. The Balaban J connectivity index is 2.97. The molecule has 0 fully saturated rings. The molecule has 0 bridgehead atoms. The van der Waals surface area contributed by atoms with Crippen LogP contribution in [-0.2, 0) is 0 Å². The summed E-state index contributed by atoms with van der Waals surface area (Å²) in [6.07, 6.45) is 0. The zero-order valence-electron chi connectivity index (χ0n) is 6.34. The molecule has 0 aliphatic carbocycles. The smallest absolute Gasteiger partial charge is 0.133 e. The molecule has 0 aliphatic heterocycles. The monoisotopic (exact) mass is 255 g/mol. The van der Waals surface area contributed by atoms with E-state index < -0.39 is 0 Å². The third-order valence-corrected chi connectivity index (χ3v) is 3.69. The molecule has 0 saturated heterocycles. The normalized spacial score (nSPS) is 10.2. The van der Waals surface area contributed by atoms with Crippen LogP contribution in [0.15, 0.2) is 22.0 Å². The van der Waals surface area contributed by atoms with Crippen molar-refractivity contribution in [1.82, 2.24) is 0 Å². The number of rotatable bonds is 0. The number of benzene rings is 1. The van der Waals surface area contributed by atoms with E-state index in [1.807, 2.05) is 6.07 Å². The summed E-state index contributed by atoms with van der Waals surface area (Å²) in [5.74, 6) is -0.290. The maximum Gasteiger partial charge on any atom is 0.133 e. The number of hydrogen-bond acceptors (Lipinski definition) is 2. The first-order valence-electron chi connectivity index (χ1n) is 3.49. The van der Waals surface area contributed by atoms with Crippen molar-refractivity contribution in [2.45, 2.75) is 0 Å². The van der Waals surface area contributed by atoms with E-state index in [0.717, 1.165) is 0 Å². The highest BCUT2D eigenvalue weighted by Crippen LogP contribution is 2.34. The summed E-state index contributed by atoms with van der Waals surface area (Å²) in [6, 6.07) is 4.85. The van der Waals surface area contributed by atoms with Gasteiger partial charge in [0.1, 0.15) is 11.9 Å². The third-order valence-electron chi connectivity index (χ3n) is 1.75. The molecular weight excluding hydrogens is 253 g/mol. The minimum Gasteiger partial charge on any atom is -0.206 e. The SMILES string of the molecule is N#Cc1ccc(F)c2c(Br)csc12. The average Bonchev–Trinajstić information content (AvgIpc) is 2.50. The Hall–Kier alpha value is -0.920. The van der Waals surface area contributed by atoms with Crippen LogP contribution in [0.3, 0.4) is 0 Å². The number of halogens is 2. The molecular formula is C9H3BrFNS. The van der Waals surface area contributed by atoms with Crippen molar-refractivity contribution in [3.05, 3.63) is 33.4 Å². The van der Waals surface area contributed by atoms with Crippen LogP contribution >= 0.6 is 27.3 Å². The van der Waals surface area contributed by atoms with E-state index in [1.54, 1.807) is 5.38 Å². The van der Waals surface area contributed by atoms with Crippen molar-refractivity contribution in [1.29, 1.82) is 5.26 Å². The maximum absolute atomic E-state index is 13.3. The summed E-state index contributed by atoms with van der Waals surface area (Å²) < 4.78 is 14.7. The van der Waals surface area contributed by atoms with Gasteiger partial charge in [0.2, 0.25) is 0 Å². The Morgan fingerprint density at radius 3 is 2.92 bits per heavy atom. The number of hydrogen-bond donors (Lipinski definition) is 0. The number of nitrogens with zero attached hydrogens (tertiary/aromatic N) is 1. The molecule has 1 heterocycles. The fraction of sp³-hybridized carbons (Fsp3) is 0. The van der Waals surface area contributed by atoms with Gasteiger partial charge >= 0.3 is 0 Å². The van der Waals surface area contributed by atoms with Gasteiger partial charge in [0.05, 0.1) is 10.3 Å². The van der Waals surface area contributed by atoms with Gasteiger partial charge in [0, 0.05) is 15.2 Å². The predicted molar refractivity (Wildman–Crippen MR) is 54.2 cm³/mol. The van der Waals surface area contributed by atoms with Crippen molar-refractivity contribution < 1.29 is 4.39 Å². The van der Waals surface area contributed by atoms with Crippen LogP contribution in [0.1, 0.15) is 5.56 Å². The Morgan fingerprint density at radius 1 is 1.46 bits per heavy atom. The molecule has 0 amide bonds. The van der Waals surface area contributed by atoms with E-state index in [4.69, 9.17) is 5.26 Å². The second-order valence-electron chi connectivity index (χ2n) is 2.49. The van der Waals surface area contributed by atoms with E-state index in [-0.39, 0.29) is 5.82 Å². The molecule has 1 nitrogen and oxygen atoms in total. The van der Waals surface area contributed by atoms with Crippen LogP contribution < -0.4 is 0 Å². The number of fused-ring (bicyclic) bond motifs is 1. The molecule has 0 aliphatic rings. The summed E-state index contributed by atoms with van der Waals surface area (Å²) in [4.78, 5) is 0. The lowest BCUT2D eigenvalue weighted by Gasteiger charge is -1.94. The van der Waals surface area contributed by atoms with Crippen molar-refractivity contribution >= 4 is 37.4 Å².